The van der Waals surface area contributed by atoms with E-state index in [1.165, 1.54) is 23.9 Å². The first kappa shape index (κ1) is 17.1. The number of aromatic nitrogens is 3. The molecular formula is C17H18N4O3S. The molecule has 8 heteroatoms. The highest BCUT2D eigenvalue weighted by Crippen LogP contribution is 2.25. The molecule has 0 atom stereocenters. The molecule has 0 radical (unpaired) electrons. The van der Waals surface area contributed by atoms with Gasteiger partial charge in [-0.2, -0.15) is 4.31 Å². The van der Waals surface area contributed by atoms with E-state index < -0.39 is 10.0 Å². The Morgan fingerprint density at radius 1 is 1.12 bits per heavy atom. The van der Waals surface area contributed by atoms with E-state index in [1.807, 2.05) is 30.3 Å². The van der Waals surface area contributed by atoms with Crippen molar-refractivity contribution in [3.63, 3.8) is 0 Å². The molecule has 0 unspecified atom stereocenters. The van der Waals surface area contributed by atoms with Crippen LogP contribution in [0.1, 0.15) is 5.56 Å². The molecule has 3 aromatic rings. The number of hydrogen-bond acceptors (Lipinski definition) is 5. The van der Waals surface area contributed by atoms with Gasteiger partial charge in [-0.05, 0) is 18.2 Å². The fourth-order valence-electron chi connectivity index (χ4n) is 2.24. The van der Waals surface area contributed by atoms with Gasteiger partial charge in [0.15, 0.2) is 5.03 Å². The first-order valence-corrected chi connectivity index (χ1v) is 9.02. The van der Waals surface area contributed by atoms with E-state index in [-0.39, 0.29) is 11.6 Å². The summed E-state index contributed by atoms with van der Waals surface area (Å²) in [5, 5.41) is 0.00641. The molecule has 0 aliphatic rings. The van der Waals surface area contributed by atoms with E-state index in [1.54, 1.807) is 29.9 Å². The molecule has 0 bridgehead atoms. The Morgan fingerprint density at radius 2 is 1.88 bits per heavy atom. The van der Waals surface area contributed by atoms with Crippen LogP contribution in [0, 0.1) is 0 Å². The quantitative estimate of drug-likeness (QED) is 0.676. The third-order valence-corrected chi connectivity index (χ3v) is 5.25. The predicted octanol–water partition coefficient (Wildman–Crippen LogP) is 2.43. The zero-order chi connectivity index (χ0) is 17.9. The molecule has 0 fully saturated rings. The first-order valence-electron chi connectivity index (χ1n) is 7.58. The lowest BCUT2D eigenvalue weighted by Gasteiger charge is -2.17. The molecule has 3 rings (SSSR count). The number of hydrogen-bond donors (Lipinski definition) is 0. The van der Waals surface area contributed by atoms with E-state index in [2.05, 4.69) is 9.97 Å². The van der Waals surface area contributed by atoms with Crippen molar-refractivity contribution < 1.29 is 13.2 Å². The number of nitrogens with zero attached hydrogens (tertiary/aromatic N) is 4. The molecular weight excluding hydrogens is 340 g/mol. The average molecular weight is 358 g/mol. The monoisotopic (exact) mass is 358 g/mol. The lowest BCUT2D eigenvalue weighted by molar-refractivity contribution is 0.428. The van der Waals surface area contributed by atoms with Gasteiger partial charge in [-0.25, -0.2) is 18.4 Å². The molecule has 0 spiro atoms. The maximum absolute atomic E-state index is 12.6. The van der Waals surface area contributed by atoms with Crippen molar-refractivity contribution in [2.45, 2.75) is 11.6 Å². The maximum atomic E-state index is 12.6. The summed E-state index contributed by atoms with van der Waals surface area (Å²) >= 11 is 0. The summed E-state index contributed by atoms with van der Waals surface area (Å²) in [7, 11) is -0.463. The number of rotatable bonds is 6. The summed E-state index contributed by atoms with van der Waals surface area (Å²) < 4.78 is 33.8. The van der Waals surface area contributed by atoms with Gasteiger partial charge in [-0.15, -0.1) is 0 Å². The number of imidazole rings is 1. The van der Waals surface area contributed by atoms with E-state index in [9.17, 15) is 8.42 Å². The molecule has 0 saturated heterocycles. The van der Waals surface area contributed by atoms with Gasteiger partial charge in [-0.1, -0.05) is 24.3 Å². The molecule has 0 aliphatic heterocycles. The van der Waals surface area contributed by atoms with Crippen molar-refractivity contribution in [2.24, 2.45) is 7.05 Å². The zero-order valence-corrected chi connectivity index (χ0v) is 14.7. The van der Waals surface area contributed by atoms with E-state index in [4.69, 9.17) is 4.74 Å². The normalized spacial score (nSPS) is 11.6. The van der Waals surface area contributed by atoms with Crippen LogP contribution in [-0.4, -0.2) is 34.3 Å². The van der Waals surface area contributed by atoms with Crippen LogP contribution >= 0.6 is 0 Å². The van der Waals surface area contributed by atoms with Gasteiger partial charge in [0.2, 0.25) is 5.88 Å². The predicted molar refractivity (Wildman–Crippen MR) is 92.6 cm³/mol. The fraction of sp³-hybridized carbons (Fsp3) is 0.176. The molecule has 7 nitrogen and oxygen atoms in total. The summed E-state index contributed by atoms with van der Waals surface area (Å²) in [4.78, 5) is 8.15. The molecule has 1 aromatic carbocycles. The smallest absolute Gasteiger partial charge is 0.262 e. The average Bonchev–Trinajstić information content (AvgIpc) is 3.05. The number of para-hydroxylation sites is 1. The Bertz CT molecular complexity index is 955. The topological polar surface area (TPSA) is 77.3 Å². The molecule has 0 N–H and O–H groups in total. The van der Waals surface area contributed by atoms with E-state index in [0.717, 1.165) is 0 Å². The summed E-state index contributed by atoms with van der Waals surface area (Å²) in [5.74, 6) is 1.01. The Balaban J connectivity index is 1.83. The van der Waals surface area contributed by atoms with E-state index in [0.29, 0.717) is 17.2 Å². The zero-order valence-electron chi connectivity index (χ0n) is 13.9. The third kappa shape index (κ3) is 3.86. The second kappa shape index (κ2) is 7.04. The summed E-state index contributed by atoms with van der Waals surface area (Å²) in [6.45, 7) is 0.120. The molecule has 0 aliphatic carbocycles. The maximum Gasteiger partial charge on any atom is 0.262 e. The van der Waals surface area contributed by atoms with Gasteiger partial charge in [0.25, 0.3) is 10.0 Å². The standard InChI is InChI=1S/C17H18N4O3S/c1-20-12-16(19-13-20)25(22,23)21(2)11-14-7-6-10-18-17(14)24-15-8-4-3-5-9-15/h3-10,12-13H,11H2,1-2H3. The van der Waals surface area contributed by atoms with Gasteiger partial charge in [0.1, 0.15) is 5.75 Å². The van der Waals surface area contributed by atoms with Crippen molar-refractivity contribution in [1.29, 1.82) is 0 Å². The third-order valence-electron chi connectivity index (χ3n) is 3.56. The van der Waals surface area contributed by atoms with Crippen molar-refractivity contribution in [3.05, 3.63) is 66.7 Å². The second-order valence-corrected chi connectivity index (χ2v) is 7.51. The highest BCUT2D eigenvalue weighted by Gasteiger charge is 2.24. The minimum Gasteiger partial charge on any atom is -0.439 e. The number of pyridine rings is 1. The number of benzene rings is 1. The van der Waals surface area contributed by atoms with E-state index >= 15 is 0 Å². The SMILES string of the molecule is CN(Cc1cccnc1Oc1ccccc1)S(=O)(=O)c1cn(C)cn1. The van der Waals surface area contributed by atoms with Crippen molar-refractivity contribution in [2.75, 3.05) is 7.05 Å². The Hall–Kier alpha value is -2.71. The van der Waals surface area contributed by atoms with Crippen molar-refractivity contribution >= 4 is 10.0 Å². The van der Waals surface area contributed by atoms with Crippen LogP contribution in [0.5, 0.6) is 11.6 Å². The second-order valence-electron chi connectivity index (χ2n) is 5.52. The largest absolute Gasteiger partial charge is 0.439 e. The van der Waals surface area contributed by atoms with Crippen LogP contribution < -0.4 is 4.74 Å². The molecule has 2 aromatic heterocycles. The minimum atomic E-state index is -3.69. The van der Waals surface area contributed by atoms with Gasteiger partial charge < -0.3 is 9.30 Å². The fourth-order valence-corrected chi connectivity index (χ4v) is 3.35. The van der Waals surface area contributed by atoms with Gasteiger partial charge in [-0.3, -0.25) is 0 Å². The highest BCUT2D eigenvalue weighted by molar-refractivity contribution is 7.89. The molecule has 130 valence electrons. The van der Waals surface area contributed by atoms with Crippen LogP contribution in [-0.2, 0) is 23.6 Å². The lowest BCUT2D eigenvalue weighted by atomic mass is 10.2. The lowest BCUT2D eigenvalue weighted by Crippen LogP contribution is -2.27. The molecule has 0 saturated carbocycles. The molecule has 2 heterocycles. The number of ether oxygens (including phenoxy) is 1. The van der Waals surface area contributed by atoms with Crippen LogP contribution in [0.3, 0.4) is 0 Å². The molecule has 25 heavy (non-hydrogen) atoms. The van der Waals surface area contributed by atoms with Crippen LogP contribution in [0.4, 0.5) is 0 Å². The Morgan fingerprint density at radius 3 is 2.56 bits per heavy atom. The molecule has 0 amide bonds. The Kier molecular flexibility index (Phi) is 4.82. The van der Waals surface area contributed by atoms with Crippen molar-refractivity contribution in [3.8, 4) is 11.6 Å². The highest BCUT2D eigenvalue weighted by atomic mass is 32.2. The van der Waals surface area contributed by atoms with Gasteiger partial charge >= 0.3 is 0 Å². The minimum absolute atomic E-state index is 0.00641. The first-order chi connectivity index (χ1) is 12.0. The summed E-state index contributed by atoms with van der Waals surface area (Å²) in [5.41, 5.74) is 0.661. The summed E-state index contributed by atoms with van der Waals surface area (Å²) in [6.07, 6.45) is 4.53. The number of aryl methyl sites for hydroxylation is 1. The van der Waals surface area contributed by atoms with Gasteiger partial charge in [0, 0.05) is 38.6 Å². The van der Waals surface area contributed by atoms with Crippen LogP contribution in [0.2, 0.25) is 0 Å². The van der Waals surface area contributed by atoms with Gasteiger partial charge in [0.05, 0.1) is 6.33 Å². The van der Waals surface area contributed by atoms with Crippen LogP contribution in [0.15, 0.2) is 66.2 Å². The Labute approximate surface area is 146 Å². The van der Waals surface area contributed by atoms with Crippen molar-refractivity contribution in [1.82, 2.24) is 18.8 Å². The van der Waals surface area contributed by atoms with Crippen LogP contribution in [0.25, 0.3) is 0 Å². The summed E-state index contributed by atoms with van der Waals surface area (Å²) in [6, 6.07) is 12.8. The number of sulfonamides is 1.